The second kappa shape index (κ2) is 8.21. The van der Waals surface area contributed by atoms with Crippen molar-refractivity contribution >= 4 is 11.5 Å². The SMILES string of the molecule is CCCc1nc(NCCCn2ccnc2)c(N)c(OCC)n1. The fourth-order valence-electron chi connectivity index (χ4n) is 2.10. The molecule has 0 aliphatic heterocycles. The Hall–Kier alpha value is -2.31. The summed E-state index contributed by atoms with van der Waals surface area (Å²) in [6, 6.07) is 0. The zero-order valence-electron chi connectivity index (χ0n) is 13.2. The van der Waals surface area contributed by atoms with Crippen LogP contribution in [0.4, 0.5) is 11.5 Å². The van der Waals surface area contributed by atoms with E-state index in [1.54, 1.807) is 6.20 Å². The lowest BCUT2D eigenvalue weighted by Gasteiger charge is -2.13. The number of aromatic nitrogens is 4. The highest BCUT2D eigenvalue weighted by Crippen LogP contribution is 2.26. The molecule has 0 spiro atoms. The predicted molar refractivity (Wildman–Crippen MR) is 86.9 cm³/mol. The Bertz CT molecular complexity index is 570. The minimum absolute atomic E-state index is 0.470. The highest BCUT2D eigenvalue weighted by molar-refractivity contribution is 5.66. The normalized spacial score (nSPS) is 10.6. The summed E-state index contributed by atoms with van der Waals surface area (Å²) in [5.41, 5.74) is 6.56. The maximum atomic E-state index is 6.08. The fourth-order valence-corrected chi connectivity index (χ4v) is 2.10. The molecule has 0 radical (unpaired) electrons. The van der Waals surface area contributed by atoms with E-state index in [0.29, 0.717) is 24.0 Å². The van der Waals surface area contributed by atoms with Gasteiger partial charge < -0.3 is 20.4 Å². The van der Waals surface area contributed by atoms with Crippen LogP contribution in [0.3, 0.4) is 0 Å². The van der Waals surface area contributed by atoms with Crippen LogP contribution >= 0.6 is 0 Å². The average molecular weight is 304 g/mol. The molecular formula is C15H24N6O. The molecule has 0 fully saturated rings. The highest BCUT2D eigenvalue weighted by atomic mass is 16.5. The van der Waals surface area contributed by atoms with Crippen LogP contribution in [0, 0.1) is 0 Å². The summed E-state index contributed by atoms with van der Waals surface area (Å²) in [7, 11) is 0. The van der Waals surface area contributed by atoms with Crippen molar-refractivity contribution in [1.82, 2.24) is 19.5 Å². The number of nitrogens with one attached hydrogen (secondary N) is 1. The zero-order valence-corrected chi connectivity index (χ0v) is 13.2. The second-order valence-corrected chi connectivity index (χ2v) is 4.97. The number of nitrogens with zero attached hydrogens (tertiary/aromatic N) is 4. The van der Waals surface area contributed by atoms with Crippen LogP contribution < -0.4 is 15.8 Å². The molecular weight excluding hydrogens is 280 g/mol. The Balaban J connectivity index is 1.98. The van der Waals surface area contributed by atoms with E-state index in [1.165, 1.54) is 0 Å². The number of nitrogens with two attached hydrogens (primary N) is 1. The van der Waals surface area contributed by atoms with E-state index in [0.717, 1.165) is 38.2 Å². The van der Waals surface area contributed by atoms with Crippen LogP contribution in [0.15, 0.2) is 18.7 Å². The zero-order chi connectivity index (χ0) is 15.8. The number of ether oxygens (including phenoxy) is 1. The smallest absolute Gasteiger partial charge is 0.242 e. The molecule has 0 amide bonds. The molecule has 0 saturated heterocycles. The van der Waals surface area contributed by atoms with Gasteiger partial charge in [0.05, 0.1) is 12.9 Å². The van der Waals surface area contributed by atoms with E-state index in [4.69, 9.17) is 10.5 Å². The molecule has 120 valence electrons. The van der Waals surface area contributed by atoms with Crippen LogP contribution in [0.2, 0.25) is 0 Å². The maximum absolute atomic E-state index is 6.08. The van der Waals surface area contributed by atoms with Gasteiger partial charge >= 0.3 is 0 Å². The van der Waals surface area contributed by atoms with Gasteiger partial charge in [0.25, 0.3) is 0 Å². The van der Waals surface area contributed by atoms with Crippen molar-refractivity contribution in [3.05, 3.63) is 24.5 Å². The van der Waals surface area contributed by atoms with Gasteiger partial charge in [0.15, 0.2) is 5.82 Å². The molecule has 3 N–H and O–H groups in total. The van der Waals surface area contributed by atoms with Gasteiger partial charge in [-0.25, -0.2) is 9.97 Å². The van der Waals surface area contributed by atoms with Gasteiger partial charge in [-0.05, 0) is 19.8 Å². The Labute approximate surface area is 130 Å². The number of hydrogen-bond acceptors (Lipinski definition) is 6. The van der Waals surface area contributed by atoms with Gasteiger partial charge in [0, 0.05) is 31.9 Å². The molecule has 2 rings (SSSR count). The van der Waals surface area contributed by atoms with Crippen LogP contribution in [0.1, 0.15) is 32.5 Å². The van der Waals surface area contributed by atoms with Crippen LogP contribution in [-0.2, 0) is 13.0 Å². The van der Waals surface area contributed by atoms with E-state index in [1.807, 2.05) is 24.0 Å². The van der Waals surface area contributed by atoms with Crippen LogP contribution in [0.25, 0.3) is 0 Å². The molecule has 2 aromatic rings. The molecule has 0 aliphatic rings. The van der Waals surface area contributed by atoms with Gasteiger partial charge in [-0.1, -0.05) is 6.92 Å². The summed E-state index contributed by atoms with van der Waals surface area (Å²) in [5.74, 6) is 1.89. The quantitative estimate of drug-likeness (QED) is 0.689. The second-order valence-electron chi connectivity index (χ2n) is 4.97. The molecule has 22 heavy (non-hydrogen) atoms. The maximum Gasteiger partial charge on any atom is 0.242 e. The van der Waals surface area contributed by atoms with Crippen molar-refractivity contribution in [3.8, 4) is 5.88 Å². The molecule has 0 unspecified atom stereocenters. The summed E-state index contributed by atoms with van der Waals surface area (Å²) in [6.45, 7) is 6.22. The van der Waals surface area contributed by atoms with Crippen molar-refractivity contribution in [1.29, 1.82) is 0 Å². The molecule has 0 bridgehead atoms. The standard InChI is InChI=1S/C15H24N6O/c1-3-6-12-19-14(13(16)15(20-12)22-4-2)18-7-5-9-21-10-8-17-11-21/h8,10-11H,3-7,9,16H2,1-2H3,(H,18,19,20). The Morgan fingerprint density at radius 2 is 2.18 bits per heavy atom. The first-order chi connectivity index (χ1) is 10.7. The topological polar surface area (TPSA) is 90.9 Å². The van der Waals surface area contributed by atoms with E-state index >= 15 is 0 Å². The van der Waals surface area contributed by atoms with Crippen molar-refractivity contribution in [2.45, 2.75) is 39.7 Å². The summed E-state index contributed by atoms with van der Waals surface area (Å²) in [4.78, 5) is 12.9. The third kappa shape index (κ3) is 4.34. The summed E-state index contributed by atoms with van der Waals surface area (Å²) < 4.78 is 7.54. The Kier molecular flexibility index (Phi) is 6.00. The molecule has 2 aromatic heterocycles. The van der Waals surface area contributed by atoms with Gasteiger partial charge in [-0.2, -0.15) is 4.98 Å². The lowest BCUT2D eigenvalue weighted by Crippen LogP contribution is -2.12. The minimum atomic E-state index is 0.470. The number of aryl methyl sites for hydroxylation is 2. The van der Waals surface area contributed by atoms with Crippen LogP contribution in [-0.4, -0.2) is 32.7 Å². The third-order valence-electron chi connectivity index (χ3n) is 3.16. The highest BCUT2D eigenvalue weighted by Gasteiger charge is 2.12. The van der Waals surface area contributed by atoms with Crippen molar-refractivity contribution < 1.29 is 4.74 Å². The van der Waals surface area contributed by atoms with Crippen molar-refractivity contribution in [3.63, 3.8) is 0 Å². The minimum Gasteiger partial charge on any atom is -0.476 e. The lowest BCUT2D eigenvalue weighted by molar-refractivity contribution is 0.327. The molecule has 7 nitrogen and oxygen atoms in total. The monoisotopic (exact) mass is 304 g/mol. The lowest BCUT2D eigenvalue weighted by atomic mass is 10.3. The first-order valence-electron chi connectivity index (χ1n) is 7.73. The van der Waals surface area contributed by atoms with Crippen molar-refractivity contribution in [2.24, 2.45) is 0 Å². The Morgan fingerprint density at radius 3 is 2.86 bits per heavy atom. The summed E-state index contributed by atoms with van der Waals surface area (Å²) in [5, 5.41) is 3.28. The largest absolute Gasteiger partial charge is 0.476 e. The van der Waals surface area contributed by atoms with Crippen LogP contribution in [0.5, 0.6) is 5.88 Å². The van der Waals surface area contributed by atoms with Gasteiger partial charge in [-0.15, -0.1) is 0 Å². The third-order valence-corrected chi connectivity index (χ3v) is 3.16. The number of imidazole rings is 1. The van der Waals surface area contributed by atoms with Gasteiger partial charge in [0.1, 0.15) is 11.5 Å². The number of rotatable bonds is 9. The summed E-state index contributed by atoms with van der Waals surface area (Å²) in [6.07, 6.45) is 8.28. The molecule has 0 aromatic carbocycles. The molecule has 0 aliphatic carbocycles. The number of nitrogen functional groups attached to an aromatic ring is 1. The Morgan fingerprint density at radius 1 is 1.32 bits per heavy atom. The van der Waals surface area contributed by atoms with E-state index < -0.39 is 0 Å². The average Bonchev–Trinajstić information content (AvgIpc) is 3.01. The first kappa shape index (κ1) is 16.1. The van der Waals surface area contributed by atoms with E-state index in [9.17, 15) is 0 Å². The van der Waals surface area contributed by atoms with Gasteiger partial charge in [-0.3, -0.25) is 0 Å². The van der Waals surface area contributed by atoms with Gasteiger partial charge in [0.2, 0.25) is 5.88 Å². The molecule has 0 atom stereocenters. The summed E-state index contributed by atoms with van der Waals surface area (Å²) >= 11 is 0. The van der Waals surface area contributed by atoms with E-state index in [2.05, 4.69) is 27.2 Å². The fraction of sp³-hybridized carbons (Fsp3) is 0.533. The predicted octanol–water partition coefficient (Wildman–Crippen LogP) is 2.11. The molecule has 7 heteroatoms. The molecule has 0 saturated carbocycles. The first-order valence-corrected chi connectivity index (χ1v) is 7.73. The molecule has 2 heterocycles. The number of anilines is 2. The van der Waals surface area contributed by atoms with Crippen molar-refractivity contribution in [2.75, 3.05) is 24.2 Å². The number of hydrogen-bond donors (Lipinski definition) is 2. The van der Waals surface area contributed by atoms with E-state index in [-0.39, 0.29) is 0 Å².